The van der Waals surface area contributed by atoms with E-state index in [1.54, 1.807) is 25.1 Å². The van der Waals surface area contributed by atoms with Crippen LogP contribution >= 0.6 is 23.4 Å². The lowest BCUT2D eigenvalue weighted by atomic mass is 10.1. The smallest absolute Gasteiger partial charge is 0.337 e. The van der Waals surface area contributed by atoms with E-state index in [0.717, 1.165) is 9.87 Å². The number of ether oxygens (including phenoxy) is 1. The molecule has 30 heavy (non-hydrogen) atoms. The zero-order valence-electron chi connectivity index (χ0n) is 17.0. The highest BCUT2D eigenvalue weighted by molar-refractivity contribution is 7.99. The molecule has 2 rings (SSSR count). The minimum absolute atomic E-state index is 0.0713. The van der Waals surface area contributed by atoms with Crippen LogP contribution in [0.4, 0.5) is 5.69 Å². The van der Waals surface area contributed by atoms with Crippen molar-refractivity contribution in [1.29, 1.82) is 0 Å². The zero-order chi connectivity index (χ0) is 22.5. The van der Waals surface area contributed by atoms with E-state index in [1.807, 2.05) is 12.1 Å². The number of thioether (sulfide) groups is 1. The summed E-state index contributed by atoms with van der Waals surface area (Å²) in [6, 6.07) is 11.3. The van der Waals surface area contributed by atoms with Crippen molar-refractivity contribution in [3.05, 3.63) is 58.6 Å². The molecule has 0 fully saturated rings. The Hall–Kier alpha value is -2.07. The first-order chi connectivity index (χ1) is 14.1. The summed E-state index contributed by atoms with van der Waals surface area (Å²) in [6.45, 7) is 1.76. The average Bonchev–Trinajstić information content (AvgIpc) is 2.72. The van der Waals surface area contributed by atoms with Gasteiger partial charge in [0.25, 0.3) is 0 Å². The Morgan fingerprint density at radius 3 is 2.37 bits per heavy atom. The number of sulfonamides is 1. The van der Waals surface area contributed by atoms with Crippen molar-refractivity contribution < 1.29 is 22.7 Å². The summed E-state index contributed by atoms with van der Waals surface area (Å²) < 4.78 is 30.5. The lowest BCUT2D eigenvalue weighted by Gasteiger charge is -2.16. The first-order valence-corrected chi connectivity index (χ1v) is 11.7. The average molecular weight is 471 g/mol. The lowest BCUT2D eigenvalue weighted by Crippen LogP contribution is -2.24. The van der Waals surface area contributed by atoms with Crippen LogP contribution in [-0.2, 0) is 25.3 Å². The molecule has 162 valence electrons. The molecule has 0 spiro atoms. The zero-order valence-corrected chi connectivity index (χ0v) is 19.4. The van der Waals surface area contributed by atoms with Crippen LogP contribution in [0.2, 0.25) is 5.02 Å². The highest BCUT2D eigenvalue weighted by Crippen LogP contribution is 2.27. The van der Waals surface area contributed by atoms with Gasteiger partial charge in [-0.05, 0) is 42.8 Å². The third-order valence-electron chi connectivity index (χ3n) is 4.20. The van der Waals surface area contributed by atoms with Crippen LogP contribution in [0.5, 0.6) is 0 Å². The van der Waals surface area contributed by atoms with Crippen molar-refractivity contribution in [2.24, 2.45) is 0 Å². The number of nitrogens with zero attached hydrogens (tertiary/aromatic N) is 1. The van der Waals surface area contributed by atoms with Gasteiger partial charge in [-0.15, -0.1) is 11.8 Å². The third-order valence-corrected chi connectivity index (χ3v) is 7.71. The fraction of sp³-hybridized carbons (Fsp3) is 0.300. The Bertz CT molecular complexity index is 1020. The summed E-state index contributed by atoms with van der Waals surface area (Å²) in [4.78, 5) is 23.9. The van der Waals surface area contributed by atoms with Crippen molar-refractivity contribution in [2.45, 2.75) is 22.8 Å². The summed E-state index contributed by atoms with van der Waals surface area (Å²) >= 11 is 7.44. The molecule has 2 aromatic carbocycles. The Labute approximate surface area is 185 Å². The van der Waals surface area contributed by atoms with Crippen LogP contribution in [0.3, 0.4) is 0 Å². The van der Waals surface area contributed by atoms with Crippen LogP contribution in [0.1, 0.15) is 22.8 Å². The lowest BCUT2D eigenvalue weighted by molar-refractivity contribution is -0.115. The SMILES string of the molecule is COC(=O)c1ccc(CSC(C)C(=O)Nc2ccc(Cl)c(S(=O)(=O)N(C)C)c2)cc1. The van der Waals surface area contributed by atoms with Crippen LogP contribution < -0.4 is 5.32 Å². The van der Waals surface area contributed by atoms with E-state index in [-0.39, 0.29) is 15.8 Å². The van der Waals surface area contributed by atoms with E-state index < -0.39 is 21.2 Å². The predicted molar refractivity (Wildman–Crippen MR) is 119 cm³/mol. The molecule has 7 nitrogen and oxygen atoms in total. The second-order valence-electron chi connectivity index (χ2n) is 6.56. The molecule has 0 bridgehead atoms. The highest BCUT2D eigenvalue weighted by atomic mass is 35.5. The van der Waals surface area contributed by atoms with E-state index in [0.29, 0.717) is 17.0 Å². The van der Waals surface area contributed by atoms with Crippen LogP contribution in [0.25, 0.3) is 0 Å². The van der Waals surface area contributed by atoms with Crippen LogP contribution in [-0.4, -0.2) is 51.1 Å². The molecule has 0 aliphatic rings. The van der Waals surface area contributed by atoms with Gasteiger partial charge in [-0.25, -0.2) is 17.5 Å². The minimum atomic E-state index is -3.73. The minimum Gasteiger partial charge on any atom is -0.465 e. The van der Waals surface area contributed by atoms with Gasteiger partial charge in [-0.3, -0.25) is 4.79 Å². The van der Waals surface area contributed by atoms with Gasteiger partial charge < -0.3 is 10.1 Å². The van der Waals surface area contributed by atoms with E-state index in [1.165, 1.54) is 45.1 Å². The van der Waals surface area contributed by atoms with Gasteiger partial charge in [-0.2, -0.15) is 0 Å². The number of amides is 1. The number of anilines is 1. The Morgan fingerprint density at radius 2 is 1.80 bits per heavy atom. The number of hydrogen-bond acceptors (Lipinski definition) is 6. The predicted octanol–water partition coefficient (Wildman–Crippen LogP) is 3.64. The normalized spacial score (nSPS) is 12.5. The van der Waals surface area contributed by atoms with Crippen molar-refractivity contribution in [3.63, 3.8) is 0 Å². The maximum absolute atomic E-state index is 12.5. The second-order valence-corrected chi connectivity index (χ2v) is 10.4. The molecular weight excluding hydrogens is 448 g/mol. The molecule has 0 aromatic heterocycles. The largest absolute Gasteiger partial charge is 0.465 e. The third kappa shape index (κ3) is 5.98. The van der Waals surface area contributed by atoms with Gasteiger partial charge in [0.05, 0.1) is 22.9 Å². The molecule has 1 unspecified atom stereocenters. The quantitative estimate of drug-likeness (QED) is 0.592. The standard InChI is InChI=1S/C20H23ClN2O5S2/c1-13(29-12-14-5-7-15(8-6-14)20(25)28-4)19(24)22-16-9-10-17(21)18(11-16)30(26,27)23(2)3/h5-11,13H,12H2,1-4H3,(H,22,24). The van der Waals surface area contributed by atoms with E-state index >= 15 is 0 Å². The molecule has 0 aliphatic heterocycles. The van der Waals surface area contributed by atoms with Gasteiger partial charge >= 0.3 is 5.97 Å². The number of benzene rings is 2. The number of esters is 1. The molecule has 0 radical (unpaired) electrons. The molecule has 1 amide bonds. The summed E-state index contributed by atoms with van der Waals surface area (Å²) in [6.07, 6.45) is 0. The molecule has 1 atom stereocenters. The molecule has 0 heterocycles. The number of methoxy groups -OCH3 is 1. The van der Waals surface area contributed by atoms with Gasteiger partial charge in [0.1, 0.15) is 4.90 Å². The number of carbonyl (C=O) groups is 2. The highest BCUT2D eigenvalue weighted by Gasteiger charge is 2.22. The number of nitrogens with one attached hydrogen (secondary N) is 1. The molecule has 10 heteroatoms. The van der Waals surface area contributed by atoms with Crippen molar-refractivity contribution >= 4 is 50.9 Å². The van der Waals surface area contributed by atoms with Crippen molar-refractivity contribution in [2.75, 3.05) is 26.5 Å². The fourth-order valence-electron chi connectivity index (χ4n) is 2.37. The summed E-state index contributed by atoms with van der Waals surface area (Å²) in [5, 5.41) is 2.41. The maximum Gasteiger partial charge on any atom is 0.337 e. The maximum atomic E-state index is 12.5. The Morgan fingerprint density at radius 1 is 1.17 bits per heavy atom. The summed E-state index contributed by atoms with van der Waals surface area (Å²) in [5.74, 6) is -0.0982. The molecular formula is C20H23ClN2O5S2. The number of rotatable bonds is 8. The molecule has 0 saturated carbocycles. The summed E-state index contributed by atoms with van der Waals surface area (Å²) in [7, 11) is 0.413. The molecule has 1 N–H and O–H groups in total. The van der Waals surface area contributed by atoms with Crippen LogP contribution in [0, 0.1) is 0 Å². The molecule has 0 aliphatic carbocycles. The van der Waals surface area contributed by atoms with E-state index in [4.69, 9.17) is 11.6 Å². The first kappa shape index (κ1) is 24.2. The van der Waals surface area contributed by atoms with Crippen molar-refractivity contribution in [3.8, 4) is 0 Å². The number of carbonyl (C=O) groups excluding carboxylic acids is 2. The summed E-state index contributed by atoms with van der Waals surface area (Å²) in [5.41, 5.74) is 1.76. The van der Waals surface area contributed by atoms with E-state index in [2.05, 4.69) is 10.1 Å². The molecule has 2 aromatic rings. The van der Waals surface area contributed by atoms with Gasteiger partial charge in [0.2, 0.25) is 15.9 Å². The number of hydrogen-bond donors (Lipinski definition) is 1. The monoisotopic (exact) mass is 470 g/mol. The topological polar surface area (TPSA) is 92.8 Å². The Balaban J connectivity index is 2.01. The second kappa shape index (κ2) is 10.3. The van der Waals surface area contributed by atoms with Crippen molar-refractivity contribution in [1.82, 2.24) is 4.31 Å². The van der Waals surface area contributed by atoms with E-state index in [9.17, 15) is 18.0 Å². The number of halogens is 1. The van der Waals surface area contributed by atoms with Gasteiger partial charge in [0.15, 0.2) is 0 Å². The first-order valence-electron chi connectivity index (χ1n) is 8.88. The van der Waals surface area contributed by atoms with Gasteiger partial charge in [0, 0.05) is 25.5 Å². The molecule has 0 saturated heterocycles. The van der Waals surface area contributed by atoms with Crippen LogP contribution in [0.15, 0.2) is 47.4 Å². The van der Waals surface area contributed by atoms with Gasteiger partial charge in [-0.1, -0.05) is 23.7 Å². The fourth-order valence-corrected chi connectivity index (χ4v) is 4.61. The Kier molecular flexibility index (Phi) is 8.31.